The summed E-state index contributed by atoms with van der Waals surface area (Å²) in [6.45, 7) is 6.67. The van der Waals surface area contributed by atoms with Gasteiger partial charge in [0.15, 0.2) is 0 Å². The van der Waals surface area contributed by atoms with Crippen molar-refractivity contribution in [2.75, 3.05) is 25.0 Å². The third-order valence-electron chi connectivity index (χ3n) is 3.93. The summed E-state index contributed by atoms with van der Waals surface area (Å²) in [6.07, 6.45) is 0. The zero-order chi connectivity index (χ0) is 13.3. The highest BCUT2D eigenvalue weighted by Crippen LogP contribution is 2.31. The van der Waals surface area contributed by atoms with Crippen molar-refractivity contribution >= 4 is 33.2 Å². The van der Waals surface area contributed by atoms with Crippen molar-refractivity contribution in [1.29, 1.82) is 0 Å². The Morgan fingerprint density at radius 3 is 2.44 bits per heavy atom. The Hall–Kier alpha value is -0.250. The van der Waals surface area contributed by atoms with Crippen molar-refractivity contribution in [3.8, 4) is 0 Å². The monoisotopic (exact) mass is 330 g/mol. The van der Waals surface area contributed by atoms with Crippen LogP contribution in [0.15, 0.2) is 18.2 Å². The Morgan fingerprint density at radius 2 is 1.89 bits per heavy atom. The van der Waals surface area contributed by atoms with Crippen LogP contribution < -0.4 is 4.90 Å². The van der Waals surface area contributed by atoms with E-state index in [0.717, 1.165) is 23.4 Å². The number of alkyl halides is 1. The third kappa shape index (κ3) is 2.68. The molecule has 0 radical (unpaired) electrons. The van der Waals surface area contributed by atoms with Crippen molar-refractivity contribution in [3.63, 3.8) is 0 Å². The molecule has 1 fully saturated rings. The molecular weight excluding hydrogens is 312 g/mol. The van der Waals surface area contributed by atoms with E-state index in [1.165, 1.54) is 11.3 Å². The second kappa shape index (κ2) is 5.81. The summed E-state index contributed by atoms with van der Waals surface area (Å²) >= 11 is 9.83. The molecule has 4 heteroatoms. The van der Waals surface area contributed by atoms with E-state index in [-0.39, 0.29) is 0 Å². The number of piperazine rings is 1. The molecule has 0 aromatic heterocycles. The Kier molecular flexibility index (Phi) is 4.57. The maximum absolute atomic E-state index is 6.28. The SMILES string of the molecule is CC1CN(c2cccc(Cl)c2CBr)CC(C)N1C. The first kappa shape index (κ1) is 14.2. The summed E-state index contributed by atoms with van der Waals surface area (Å²) in [5, 5.41) is 1.65. The summed E-state index contributed by atoms with van der Waals surface area (Å²) in [6, 6.07) is 7.31. The second-order valence-corrected chi connectivity index (χ2v) is 6.11. The fourth-order valence-electron chi connectivity index (χ4n) is 2.58. The molecule has 0 N–H and O–H groups in total. The first-order valence-electron chi connectivity index (χ1n) is 6.34. The lowest BCUT2D eigenvalue weighted by Crippen LogP contribution is -2.55. The Balaban J connectivity index is 2.29. The van der Waals surface area contributed by atoms with Crippen molar-refractivity contribution in [2.45, 2.75) is 31.3 Å². The molecule has 18 heavy (non-hydrogen) atoms. The van der Waals surface area contributed by atoms with Gasteiger partial charge in [-0.3, -0.25) is 4.90 Å². The minimum Gasteiger partial charge on any atom is -0.368 e. The summed E-state index contributed by atoms with van der Waals surface area (Å²) in [5.74, 6) is 0. The van der Waals surface area contributed by atoms with Gasteiger partial charge in [0.2, 0.25) is 0 Å². The molecule has 1 aliphatic rings. The Labute approximate surface area is 123 Å². The van der Waals surface area contributed by atoms with Gasteiger partial charge in [-0.25, -0.2) is 0 Å². The highest BCUT2D eigenvalue weighted by molar-refractivity contribution is 9.08. The van der Waals surface area contributed by atoms with Crippen LogP contribution in [0.25, 0.3) is 0 Å². The molecule has 0 spiro atoms. The number of likely N-dealkylation sites (N-methyl/N-ethyl adjacent to an activating group) is 1. The van der Waals surface area contributed by atoms with E-state index in [9.17, 15) is 0 Å². The lowest BCUT2D eigenvalue weighted by molar-refractivity contribution is 0.170. The molecule has 1 aliphatic heterocycles. The largest absolute Gasteiger partial charge is 0.368 e. The molecule has 0 saturated carbocycles. The number of anilines is 1. The fourth-order valence-corrected chi connectivity index (χ4v) is 3.56. The van der Waals surface area contributed by atoms with Gasteiger partial charge in [-0.05, 0) is 33.0 Å². The quantitative estimate of drug-likeness (QED) is 0.761. The second-order valence-electron chi connectivity index (χ2n) is 5.14. The van der Waals surface area contributed by atoms with E-state index in [1.807, 2.05) is 12.1 Å². The number of hydrogen-bond donors (Lipinski definition) is 0. The van der Waals surface area contributed by atoms with Gasteiger partial charge in [-0.1, -0.05) is 33.6 Å². The third-order valence-corrected chi connectivity index (χ3v) is 4.84. The van der Waals surface area contributed by atoms with Crippen LogP contribution >= 0.6 is 27.5 Å². The van der Waals surface area contributed by atoms with Crippen molar-refractivity contribution in [1.82, 2.24) is 4.90 Å². The molecule has 1 aromatic carbocycles. The van der Waals surface area contributed by atoms with E-state index in [1.54, 1.807) is 0 Å². The molecule has 1 heterocycles. The lowest BCUT2D eigenvalue weighted by Gasteiger charge is -2.44. The van der Waals surface area contributed by atoms with E-state index >= 15 is 0 Å². The molecular formula is C14H20BrClN2. The zero-order valence-electron chi connectivity index (χ0n) is 11.2. The van der Waals surface area contributed by atoms with Gasteiger partial charge >= 0.3 is 0 Å². The van der Waals surface area contributed by atoms with E-state index in [0.29, 0.717) is 12.1 Å². The molecule has 1 aromatic rings. The van der Waals surface area contributed by atoms with Gasteiger partial charge in [0.1, 0.15) is 0 Å². The highest BCUT2D eigenvalue weighted by atomic mass is 79.9. The number of hydrogen-bond acceptors (Lipinski definition) is 2. The van der Waals surface area contributed by atoms with Crippen LogP contribution in [0, 0.1) is 0 Å². The summed E-state index contributed by atoms with van der Waals surface area (Å²) in [5.41, 5.74) is 2.47. The predicted octanol–water partition coefficient (Wildman–Crippen LogP) is 3.76. The van der Waals surface area contributed by atoms with E-state index < -0.39 is 0 Å². The molecule has 2 rings (SSSR count). The van der Waals surface area contributed by atoms with Gasteiger partial charge in [0.05, 0.1) is 0 Å². The van der Waals surface area contributed by atoms with Gasteiger partial charge in [-0.2, -0.15) is 0 Å². The van der Waals surface area contributed by atoms with Crippen LogP contribution in [0.3, 0.4) is 0 Å². The van der Waals surface area contributed by atoms with E-state index in [2.05, 4.69) is 52.7 Å². The molecule has 0 amide bonds. The first-order valence-corrected chi connectivity index (χ1v) is 7.84. The van der Waals surface area contributed by atoms with Crippen LogP contribution in [0.4, 0.5) is 5.69 Å². The van der Waals surface area contributed by atoms with Gasteiger partial charge in [0.25, 0.3) is 0 Å². The van der Waals surface area contributed by atoms with E-state index in [4.69, 9.17) is 11.6 Å². The molecule has 2 nitrogen and oxygen atoms in total. The fraction of sp³-hybridized carbons (Fsp3) is 0.571. The summed E-state index contributed by atoms with van der Waals surface area (Å²) < 4.78 is 0. The average molecular weight is 332 g/mol. The summed E-state index contributed by atoms with van der Waals surface area (Å²) in [4.78, 5) is 4.90. The number of nitrogens with zero attached hydrogens (tertiary/aromatic N) is 2. The number of benzene rings is 1. The van der Waals surface area contributed by atoms with Crippen LogP contribution in [0.1, 0.15) is 19.4 Å². The van der Waals surface area contributed by atoms with Gasteiger partial charge in [-0.15, -0.1) is 0 Å². The highest BCUT2D eigenvalue weighted by Gasteiger charge is 2.27. The Bertz CT molecular complexity index is 412. The number of halogens is 2. The molecule has 100 valence electrons. The maximum Gasteiger partial charge on any atom is 0.0467 e. The van der Waals surface area contributed by atoms with Crippen LogP contribution in [0.5, 0.6) is 0 Å². The minimum atomic E-state index is 0.566. The van der Waals surface area contributed by atoms with Crippen molar-refractivity contribution < 1.29 is 0 Å². The molecule has 1 saturated heterocycles. The summed E-state index contributed by atoms with van der Waals surface area (Å²) in [7, 11) is 2.20. The van der Waals surface area contributed by atoms with Crippen molar-refractivity contribution in [3.05, 3.63) is 28.8 Å². The van der Waals surface area contributed by atoms with Crippen molar-refractivity contribution in [2.24, 2.45) is 0 Å². The minimum absolute atomic E-state index is 0.566. The molecule has 2 atom stereocenters. The van der Waals surface area contributed by atoms with Crippen LogP contribution in [-0.4, -0.2) is 37.1 Å². The maximum atomic E-state index is 6.28. The predicted molar refractivity (Wildman–Crippen MR) is 83.0 cm³/mol. The smallest absolute Gasteiger partial charge is 0.0467 e. The zero-order valence-corrected chi connectivity index (χ0v) is 13.5. The molecule has 2 unspecified atom stereocenters. The standard InChI is InChI=1S/C14H20BrClN2/c1-10-8-18(9-11(2)17(10)3)14-6-4-5-13(16)12(14)7-15/h4-6,10-11H,7-9H2,1-3H3. The van der Waals surface area contributed by atoms with Gasteiger partial charge in [0, 0.05) is 46.8 Å². The lowest BCUT2D eigenvalue weighted by atomic mass is 10.1. The van der Waals surface area contributed by atoms with Crippen LogP contribution in [0.2, 0.25) is 5.02 Å². The first-order chi connectivity index (χ1) is 8.54. The van der Waals surface area contributed by atoms with Gasteiger partial charge < -0.3 is 4.90 Å². The topological polar surface area (TPSA) is 6.48 Å². The normalized spacial score (nSPS) is 25.5. The molecule has 0 bridgehead atoms. The molecule has 0 aliphatic carbocycles. The Morgan fingerprint density at radius 1 is 1.28 bits per heavy atom. The van der Waals surface area contributed by atoms with Crippen LogP contribution in [-0.2, 0) is 5.33 Å². The number of rotatable bonds is 2. The average Bonchev–Trinajstić information content (AvgIpc) is 2.35.